The van der Waals surface area contributed by atoms with Gasteiger partial charge in [-0.25, -0.2) is 22.5 Å². The summed E-state index contributed by atoms with van der Waals surface area (Å²) in [5.74, 6) is -0.309. The molecule has 0 radical (unpaired) electrons. The number of methoxy groups -OCH3 is 1. The average Bonchev–Trinajstić information content (AvgIpc) is 2.60. The molecule has 0 aromatic heterocycles. The smallest absolute Gasteiger partial charge is 0.240 e. The molecule has 0 spiro atoms. The third kappa shape index (κ3) is 3.99. The monoisotopic (exact) mass is 392 g/mol. The molecule has 0 unspecified atom stereocenters. The zero-order valence-corrected chi connectivity index (χ0v) is 15.6. The number of rotatable bonds is 6. The van der Waals surface area contributed by atoms with Crippen molar-refractivity contribution in [2.45, 2.75) is 29.8 Å². The predicted molar refractivity (Wildman–Crippen MR) is 101 cm³/mol. The van der Waals surface area contributed by atoms with Crippen LogP contribution in [-0.4, -0.2) is 32.8 Å². The van der Waals surface area contributed by atoms with Crippen molar-refractivity contribution in [1.29, 1.82) is 0 Å². The zero-order chi connectivity index (χ0) is 18.7. The minimum absolute atomic E-state index is 0.0487. The van der Waals surface area contributed by atoms with E-state index < -0.39 is 15.8 Å². The van der Waals surface area contributed by atoms with E-state index in [1.165, 1.54) is 31.4 Å². The van der Waals surface area contributed by atoms with Crippen LogP contribution in [0.15, 0.2) is 52.4 Å². The highest BCUT2D eigenvalue weighted by atomic mass is 32.2. The Hall–Kier alpha value is -2.12. The largest absolute Gasteiger partial charge is 0.494 e. The molecule has 26 heavy (non-hydrogen) atoms. The highest BCUT2D eigenvalue weighted by molar-refractivity contribution is 7.89. The maximum atomic E-state index is 13.8. The van der Waals surface area contributed by atoms with Crippen molar-refractivity contribution < 1.29 is 17.5 Å². The lowest BCUT2D eigenvalue weighted by molar-refractivity contribution is 0.330. The molecular weight excluding hydrogens is 375 g/mol. The van der Waals surface area contributed by atoms with Gasteiger partial charge in [-0.1, -0.05) is 18.2 Å². The molecule has 0 atom stereocenters. The summed E-state index contributed by atoms with van der Waals surface area (Å²) in [4.78, 5) is 4.10. The van der Waals surface area contributed by atoms with E-state index >= 15 is 0 Å². The highest BCUT2D eigenvalue weighted by Crippen LogP contribution is 2.28. The summed E-state index contributed by atoms with van der Waals surface area (Å²) in [6, 6.07) is 10.8. The first-order valence-electron chi connectivity index (χ1n) is 7.96. The van der Waals surface area contributed by atoms with Gasteiger partial charge in [-0.2, -0.15) is 0 Å². The number of nitrogens with zero attached hydrogens (tertiary/aromatic N) is 1. The summed E-state index contributed by atoms with van der Waals surface area (Å²) < 4.78 is 46.2. The van der Waals surface area contributed by atoms with Gasteiger partial charge in [0.05, 0.1) is 23.2 Å². The van der Waals surface area contributed by atoms with Gasteiger partial charge in [0.1, 0.15) is 0 Å². The fraction of sp³-hybridized carbons (Fsp3) is 0.278. The van der Waals surface area contributed by atoms with Crippen LogP contribution < -0.4 is 9.46 Å². The number of nitrogens with one attached hydrogen (secondary N) is 1. The standard InChI is InChI=1S/C18H17FN2O3S2/c1-24-18-7-4-13(8-17(18)19)12-2-5-16(6-3-12)26(22,23)21-15-9-14(10-15)20-11-25/h2-8,14-15,21H,9-10H2,1H3. The Morgan fingerprint density at radius 1 is 1.19 bits per heavy atom. The SMILES string of the molecule is COc1ccc(-c2ccc(S(=O)(=O)NC3CC(N=C=S)C3)cc2)cc1F. The van der Waals surface area contributed by atoms with Crippen molar-refractivity contribution >= 4 is 27.4 Å². The van der Waals surface area contributed by atoms with E-state index in [2.05, 4.69) is 27.1 Å². The molecule has 0 bridgehead atoms. The molecule has 0 amide bonds. The second kappa shape index (κ2) is 7.63. The van der Waals surface area contributed by atoms with E-state index in [0.717, 1.165) is 0 Å². The number of ether oxygens (including phenoxy) is 1. The first-order chi connectivity index (χ1) is 12.4. The van der Waals surface area contributed by atoms with Crippen molar-refractivity contribution in [2.75, 3.05) is 7.11 Å². The average molecular weight is 392 g/mol. The van der Waals surface area contributed by atoms with E-state index in [-0.39, 0.29) is 22.7 Å². The van der Waals surface area contributed by atoms with Crippen LogP contribution in [0, 0.1) is 5.82 Å². The van der Waals surface area contributed by atoms with Crippen molar-refractivity contribution in [2.24, 2.45) is 4.99 Å². The third-order valence-corrected chi connectivity index (χ3v) is 5.96. The second-order valence-corrected chi connectivity index (χ2v) is 7.93. The van der Waals surface area contributed by atoms with Crippen LogP contribution in [0.3, 0.4) is 0 Å². The second-order valence-electron chi connectivity index (χ2n) is 6.04. The van der Waals surface area contributed by atoms with E-state index in [1.807, 2.05) is 0 Å². The van der Waals surface area contributed by atoms with E-state index in [1.54, 1.807) is 18.2 Å². The zero-order valence-electron chi connectivity index (χ0n) is 14.0. The van der Waals surface area contributed by atoms with Crippen molar-refractivity contribution in [3.8, 4) is 16.9 Å². The van der Waals surface area contributed by atoms with Gasteiger partial charge in [-0.15, -0.1) is 0 Å². The maximum absolute atomic E-state index is 13.8. The fourth-order valence-corrected chi connectivity index (χ4v) is 4.23. The molecule has 136 valence electrons. The molecule has 5 nitrogen and oxygen atoms in total. The van der Waals surface area contributed by atoms with Gasteiger partial charge in [-0.05, 0) is 60.5 Å². The first-order valence-corrected chi connectivity index (χ1v) is 9.85. The molecule has 1 fully saturated rings. The summed E-state index contributed by atoms with van der Waals surface area (Å²) >= 11 is 4.54. The third-order valence-electron chi connectivity index (χ3n) is 4.32. The Morgan fingerprint density at radius 3 is 2.42 bits per heavy atom. The predicted octanol–water partition coefficient (Wildman–Crippen LogP) is 3.41. The molecule has 2 aromatic carbocycles. The molecule has 1 aliphatic rings. The first kappa shape index (κ1) is 18.7. The van der Waals surface area contributed by atoms with Crippen LogP contribution >= 0.6 is 12.2 Å². The van der Waals surface area contributed by atoms with E-state index in [9.17, 15) is 12.8 Å². The Labute approximate surface area is 157 Å². The lowest BCUT2D eigenvalue weighted by Crippen LogP contribution is -2.46. The van der Waals surface area contributed by atoms with E-state index in [4.69, 9.17) is 4.74 Å². The number of thiocarbonyl (C=S) groups is 1. The number of halogens is 1. The van der Waals surface area contributed by atoms with Crippen LogP contribution in [0.1, 0.15) is 12.8 Å². The van der Waals surface area contributed by atoms with Crippen LogP contribution in [0.2, 0.25) is 0 Å². The van der Waals surface area contributed by atoms with Gasteiger partial charge < -0.3 is 4.74 Å². The van der Waals surface area contributed by atoms with Crippen LogP contribution in [0.25, 0.3) is 11.1 Å². The van der Waals surface area contributed by atoms with Gasteiger partial charge >= 0.3 is 0 Å². The number of hydrogen-bond acceptors (Lipinski definition) is 5. The molecule has 8 heteroatoms. The lowest BCUT2D eigenvalue weighted by Gasteiger charge is -2.31. The molecule has 1 saturated carbocycles. The molecule has 1 aliphatic carbocycles. The van der Waals surface area contributed by atoms with Gasteiger partial charge in [0.25, 0.3) is 0 Å². The minimum Gasteiger partial charge on any atom is -0.494 e. The fourth-order valence-electron chi connectivity index (χ4n) is 2.82. The van der Waals surface area contributed by atoms with Gasteiger partial charge in [0, 0.05) is 6.04 Å². The van der Waals surface area contributed by atoms with Crippen LogP contribution in [-0.2, 0) is 10.0 Å². The molecular formula is C18H17FN2O3S2. The van der Waals surface area contributed by atoms with Crippen molar-refractivity contribution in [3.63, 3.8) is 0 Å². The molecule has 3 rings (SSSR count). The number of sulfonamides is 1. The molecule has 1 N–H and O–H groups in total. The highest BCUT2D eigenvalue weighted by Gasteiger charge is 2.32. The number of aliphatic imine (C=N–C) groups is 1. The lowest BCUT2D eigenvalue weighted by atomic mass is 9.88. The van der Waals surface area contributed by atoms with E-state index in [0.29, 0.717) is 24.0 Å². The Balaban J connectivity index is 1.72. The summed E-state index contributed by atoms with van der Waals surface area (Å²) in [5, 5.41) is 2.31. The molecule has 0 aliphatic heterocycles. The maximum Gasteiger partial charge on any atom is 0.240 e. The minimum atomic E-state index is -3.61. The molecule has 2 aromatic rings. The summed E-state index contributed by atoms with van der Waals surface area (Å²) in [5.41, 5.74) is 1.35. The van der Waals surface area contributed by atoms with Crippen molar-refractivity contribution in [1.82, 2.24) is 4.72 Å². The summed E-state index contributed by atoms with van der Waals surface area (Å²) in [7, 11) is -2.21. The quantitative estimate of drug-likeness (QED) is 0.604. The summed E-state index contributed by atoms with van der Waals surface area (Å²) in [6.45, 7) is 0. The number of hydrogen-bond donors (Lipinski definition) is 1. The van der Waals surface area contributed by atoms with Gasteiger partial charge in [0.15, 0.2) is 11.6 Å². The number of isothiocyanates is 1. The van der Waals surface area contributed by atoms with Crippen molar-refractivity contribution in [3.05, 3.63) is 48.3 Å². The summed E-state index contributed by atoms with van der Waals surface area (Å²) in [6.07, 6.45) is 1.23. The van der Waals surface area contributed by atoms with Crippen LogP contribution in [0.4, 0.5) is 4.39 Å². The van der Waals surface area contributed by atoms with Crippen LogP contribution in [0.5, 0.6) is 5.75 Å². The van der Waals surface area contributed by atoms with Gasteiger partial charge in [0.2, 0.25) is 10.0 Å². The topological polar surface area (TPSA) is 67.8 Å². The normalized spacial score (nSPS) is 19.3. The molecule has 0 saturated heterocycles. The molecule has 0 heterocycles. The Kier molecular flexibility index (Phi) is 5.48. The Bertz CT molecular complexity index is 949. The van der Waals surface area contributed by atoms with Gasteiger partial charge in [-0.3, -0.25) is 0 Å². The Morgan fingerprint density at radius 2 is 1.85 bits per heavy atom. The number of benzene rings is 2.